The number of hydrogen-bond acceptors (Lipinski definition) is 3. The third-order valence-corrected chi connectivity index (χ3v) is 3.08. The van der Waals surface area contributed by atoms with Crippen molar-refractivity contribution in [3.05, 3.63) is 0 Å². The highest BCUT2D eigenvalue weighted by Gasteiger charge is 2.25. The molecule has 0 radical (unpaired) electrons. The second kappa shape index (κ2) is 8.91. The second-order valence-electron chi connectivity index (χ2n) is 4.63. The molecule has 0 aliphatic rings. The predicted octanol–water partition coefficient (Wildman–Crippen LogP) is 1.50. The predicted molar refractivity (Wildman–Crippen MR) is 69.2 cm³/mol. The molecule has 0 rings (SSSR count). The molecule has 2 atom stereocenters. The van der Waals surface area contributed by atoms with Gasteiger partial charge in [-0.3, -0.25) is 9.59 Å². The van der Waals surface area contributed by atoms with E-state index in [1.165, 1.54) is 4.90 Å². The number of carboxylic acid groups (broad SMARTS) is 1. The fourth-order valence-corrected chi connectivity index (χ4v) is 1.75. The lowest BCUT2D eigenvalue weighted by molar-refractivity contribution is -0.144. The smallest absolute Gasteiger partial charge is 0.308 e. The highest BCUT2D eigenvalue weighted by atomic mass is 16.4. The Balaban J connectivity index is 4.70. The van der Waals surface area contributed by atoms with Gasteiger partial charge in [0.1, 0.15) is 0 Å². The first-order valence-corrected chi connectivity index (χ1v) is 6.60. The van der Waals surface area contributed by atoms with Crippen molar-refractivity contribution < 1.29 is 19.8 Å². The summed E-state index contributed by atoms with van der Waals surface area (Å²) in [6.45, 7) is 5.50. The average molecular weight is 259 g/mol. The Kier molecular flexibility index (Phi) is 8.37. The van der Waals surface area contributed by atoms with Gasteiger partial charge in [-0.2, -0.15) is 0 Å². The molecule has 0 aromatic rings. The summed E-state index contributed by atoms with van der Waals surface area (Å²) in [5.74, 6) is -1.60. The maximum Gasteiger partial charge on any atom is 0.308 e. The molecule has 0 spiro atoms. The van der Waals surface area contributed by atoms with Gasteiger partial charge in [0.05, 0.1) is 18.6 Å². The van der Waals surface area contributed by atoms with E-state index < -0.39 is 11.9 Å². The zero-order valence-corrected chi connectivity index (χ0v) is 11.6. The molecule has 1 amide bonds. The maximum absolute atomic E-state index is 12.0. The lowest BCUT2D eigenvalue weighted by atomic mass is 10.1. The standard InChI is InChI=1S/C13H25NO4/c1-4-6-7-12(16)14(11(5-2)9-15)8-10(3)13(17)18/h10-11,15H,4-9H2,1-3H3,(H,17,18). The summed E-state index contributed by atoms with van der Waals surface area (Å²) in [6.07, 6.45) is 2.75. The fraction of sp³-hybridized carbons (Fsp3) is 0.846. The van der Waals surface area contributed by atoms with E-state index in [0.29, 0.717) is 12.8 Å². The van der Waals surface area contributed by atoms with Gasteiger partial charge < -0.3 is 15.1 Å². The van der Waals surface area contributed by atoms with E-state index in [0.717, 1.165) is 12.8 Å². The van der Waals surface area contributed by atoms with Gasteiger partial charge in [-0.25, -0.2) is 0 Å². The van der Waals surface area contributed by atoms with Gasteiger partial charge in [0.2, 0.25) is 5.91 Å². The first-order valence-electron chi connectivity index (χ1n) is 6.60. The van der Waals surface area contributed by atoms with E-state index in [-0.39, 0.29) is 25.1 Å². The van der Waals surface area contributed by atoms with Crippen LogP contribution in [-0.4, -0.2) is 46.2 Å². The van der Waals surface area contributed by atoms with Crippen LogP contribution in [0.2, 0.25) is 0 Å². The molecule has 0 aromatic heterocycles. The van der Waals surface area contributed by atoms with E-state index in [1.807, 2.05) is 13.8 Å². The third kappa shape index (κ3) is 5.49. The topological polar surface area (TPSA) is 77.8 Å². The Bertz CT molecular complexity index is 264. The van der Waals surface area contributed by atoms with Gasteiger partial charge >= 0.3 is 5.97 Å². The van der Waals surface area contributed by atoms with Gasteiger partial charge in [-0.1, -0.05) is 27.2 Å². The van der Waals surface area contributed by atoms with Gasteiger partial charge in [0.15, 0.2) is 0 Å². The first kappa shape index (κ1) is 16.9. The number of amides is 1. The average Bonchev–Trinajstić information content (AvgIpc) is 2.35. The lowest BCUT2D eigenvalue weighted by Crippen LogP contribution is -2.45. The maximum atomic E-state index is 12.0. The molecule has 0 aliphatic carbocycles. The minimum atomic E-state index is -0.920. The number of aliphatic carboxylic acids is 1. The van der Waals surface area contributed by atoms with Crippen LogP contribution >= 0.6 is 0 Å². The highest BCUT2D eigenvalue weighted by Crippen LogP contribution is 2.12. The summed E-state index contributed by atoms with van der Waals surface area (Å²) in [6, 6.07) is -0.281. The molecule has 0 aromatic carbocycles. The molecule has 0 bridgehead atoms. The summed E-state index contributed by atoms with van der Waals surface area (Å²) < 4.78 is 0. The molecule has 5 heteroatoms. The molecular formula is C13H25NO4. The summed E-state index contributed by atoms with van der Waals surface area (Å²) >= 11 is 0. The molecule has 0 heterocycles. The quantitative estimate of drug-likeness (QED) is 0.657. The molecule has 0 saturated heterocycles. The van der Waals surface area contributed by atoms with Crippen molar-refractivity contribution >= 4 is 11.9 Å². The summed E-state index contributed by atoms with van der Waals surface area (Å²) in [5.41, 5.74) is 0. The van der Waals surface area contributed by atoms with Crippen LogP contribution in [-0.2, 0) is 9.59 Å². The zero-order chi connectivity index (χ0) is 14.1. The van der Waals surface area contributed by atoms with Gasteiger partial charge in [-0.15, -0.1) is 0 Å². The molecule has 2 unspecified atom stereocenters. The van der Waals surface area contributed by atoms with E-state index in [4.69, 9.17) is 5.11 Å². The molecule has 106 valence electrons. The number of aliphatic hydroxyl groups excluding tert-OH is 1. The number of carbonyl (C=O) groups excluding carboxylic acids is 1. The number of unbranched alkanes of at least 4 members (excludes halogenated alkanes) is 1. The molecule has 2 N–H and O–H groups in total. The molecular weight excluding hydrogens is 234 g/mol. The van der Waals surface area contributed by atoms with Crippen molar-refractivity contribution in [1.29, 1.82) is 0 Å². The van der Waals surface area contributed by atoms with Crippen LogP contribution in [0.25, 0.3) is 0 Å². The largest absolute Gasteiger partial charge is 0.481 e. The van der Waals surface area contributed by atoms with Crippen molar-refractivity contribution in [1.82, 2.24) is 4.90 Å². The van der Waals surface area contributed by atoms with Crippen LogP contribution in [0.15, 0.2) is 0 Å². The van der Waals surface area contributed by atoms with E-state index in [1.54, 1.807) is 6.92 Å². The monoisotopic (exact) mass is 259 g/mol. The van der Waals surface area contributed by atoms with E-state index in [2.05, 4.69) is 0 Å². The highest BCUT2D eigenvalue weighted by molar-refractivity contribution is 5.77. The van der Waals surface area contributed by atoms with Gasteiger partial charge in [0.25, 0.3) is 0 Å². The van der Waals surface area contributed by atoms with Crippen LogP contribution in [0.4, 0.5) is 0 Å². The Hall–Kier alpha value is -1.10. The Labute approximate surface area is 109 Å². The SMILES string of the molecule is CCCCC(=O)N(CC(C)C(=O)O)C(CC)CO. The number of nitrogens with zero attached hydrogens (tertiary/aromatic N) is 1. The van der Waals surface area contributed by atoms with Crippen LogP contribution in [0.1, 0.15) is 46.5 Å². The van der Waals surface area contributed by atoms with Crippen molar-refractivity contribution in [2.75, 3.05) is 13.2 Å². The van der Waals surface area contributed by atoms with Crippen LogP contribution in [0.5, 0.6) is 0 Å². The lowest BCUT2D eigenvalue weighted by Gasteiger charge is -2.31. The van der Waals surface area contributed by atoms with Gasteiger partial charge in [-0.05, 0) is 12.8 Å². The van der Waals surface area contributed by atoms with Crippen molar-refractivity contribution in [2.45, 2.75) is 52.5 Å². The Morgan fingerprint density at radius 2 is 1.89 bits per heavy atom. The zero-order valence-electron chi connectivity index (χ0n) is 11.6. The Morgan fingerprint density at radius 1 is 1.28 bits per heavy atom. The number of carboxylic acids is 1. The molecule has 0 fully saturated rings. The number of rotatable bonds is 9. The fourth-order valence-electron chi connectivity index (χ4n) is 1.75. The van der Waals surface area contributed by atoms with Crippen molar-refractivity contribution in [2.24, 2.45) is 5.92 Å². The third-order valence-electron chi connectivity index (χ3n) is 3.08. The van der Waals surface area contributed by atoms with E-state index >= 15 is 0 Å². The Morgan fingerprint density at radius 3 is 2.28 bits per heavy atom. The molecule has 0 saturated carbocycles. The minimum Gasteiger partial charge on any atom is -0.481 e. The second-order valence-corrected chi connectivity index (χ2v) is 4.63. The minimum absolute atomic E-state index is 0.0640. The van der Waals surface area contributed by atoms with Crippen molar-refractivity contribution in [3.8, 4) is 0 Å². The summed E-state index contributed by atoms with van der Waals surface area (Å²) in [7, 11) is 0. The number of carbonyl (C=O) groups is 2. The first-order chi connectivity index (χ1) is 8.47. The summed E-state index contributed by atoms with van der Waals surface area (Å²) in [4.78, 5) is 24.4. The van der Waals surface area contributed by atoms with Crippen LogP contribution < -0.4 is 0 Å². The molecule has 18 heavy (non-hydrogen) atoms. The van der Waals surface area contributed by atoms with Crippen LogP contribution in [0, 0.1) is 5.92 Å². The molecule has 5 nitrogen and oxygen atoms in total. The normalized spacial score (nSPS) is 14.0. The number of hydrogen-bond donors (Lipinski definition) is 2. The summed E-state index contributed by atoms with van der Waals surface area (Å²) in [5, 5.41) is 18.2. The van der Waals surface area contributed by atoms with Crippen molar-refractivity contribution in [3.63, 3.8) is 0 Å². The van der Waals surface area contributed by atoms with Gasteiger partial charge in [0, 0.05) is 13.0 Å². The van der Waals surface area contributed by atoms with E-state index in [9.17, 15) is 14.7 Å². The molecule has 0 aliphatic heterocycles. The van der Waals surface area contributed by atoms with Crippen LogP contribution in [0.3, 0.4) is 0 Å². The number of aliphatic hydroxyl groups is 1.